The summed E-state index contributed by atoms with van der Waals surface area (Å²) in [5.74, 6) is 1.02. The summed E-state index contributed by atoms with van der Waals surface area (Å²) >= 11 is 0. The minimum atomic E-state index is 0.0542. The number of carbonyl (C=O) groups is 2. The second kappa shape index (κ2) is 6.74. The molecule has 1 aliphatic rings. The fourth-order valence-corrected chi connectivity index (χ4v) is 2.46. The summed E-state index contributed by atoms with van der Waals surface area (Å²) in [6.07, 6.45) is 2.52. The molecule has 0 aromatic carbocycles. The van der Waals surface area contributed by atoms with Gasteiger partial charge in [-0.25, -0.2) is 4.68 Å². The van der Waals surface area contributed by atoms with Crippen molar-refractivity contribution in [1.82, 2.24) is 15.1 Å². The Morgan fingerprint density at radius 2 is 2.29 bits per heavy atom. The highest BCUT2D eigenvalue weighted by molar-refractivity contribution is 5.93. The highest BCUT2D eigenvalue weighted by Crippen LogP contribution is 2.22. The third kappa shape index (κ3) is 3.83. The third-order valence-corrected chi connectivity index (χ3v) is 3.80. The molecular formula is C15H24N4O2. The van der Waals surface area contributed by atoms with Crippen LogP contribution in [0.4, 0.5) is 5.82 Å². The molecule has 1 aromatic rings. The molecule has 116 valence electrons. The van der Waals surface area contributed by atoms with Gasteiger partial charge in [-0.2, -0.15) is 5.10 Å². The van der Waals surface area contributed by atoms with Crippen LogP contribution in [-0.4, -0.2) is 34.2 Å². The predicted octanol–water partition coefficient (Wildman–Crippen LogP) is 1.62. The van der Waals surface area contributed by atoms with E-state index in [4.69, 9.17) is 0 Å². The Hall–Kier alpha value is -1.85. The largest absolute Gasteiger partial charge is 0.354 e. The van der Waals surface area contributed by atoms with Gasteiger partial charge in [-0.15, -0.1) is 0 Å². The van der Waals surface area contributed by atoms with E-state index in [2.05, 4.69) is 10.4 Å². The van der Waals surface area contributed by atoms with E-state index in [0.717, 1.165) is 17.9 Å². The van der Waals surface area contributed by atoms with Crippen molar-refractivity contribution >= 4 is 17.6 Å². The van der Waals surface area contributed by atoms with Gasteiger partial charge in [-0.05, 0) is 26.7 Å². The molecule has 1 unspecified atom stereocenters. The maximum absolute atomic E-state index is 12.1. The first-order chi connectivity index (χ1) is 10.0. The first kappa shape index (κ1) is 15.5. The topological polar surface area (TPSA) is 67.2 Å². The van der Waals surface area contributed by atoms with Crippen LogP contribution in [0.5, 0.6) is 0 Å². The van der Waals surface area contributed by atoms with Crippen LogP contribution in [0.15, 0.2) is 6.07 Å². The van der Waals surface area contributed by atoms with Gasteiger partial charge in [0.25, 0.3) is 0 Å². The van der Waals surface area contributed by atoms with Crippen molar-refractivity contribution in [2.45, 2.75) is 59.0 Å². The van der Waals surface area contributed by atoms with Crippen LogP contribution < -0.4 is 10.2 Å². The van der Waals surface area contributed by atoms with Crippen LogP contribution in [-0.2, 0) is 16.1 Å². The zero-order valence-electron chi connectivity index (χ0n) is 13.1. The fraction of sp³-hybridized carbons (Fsp3) is 0.667. The molecule has 0 saturated heterocycles. The first-order valence-electron chi connectivity index (χ1n) is 7.65. The molecule has 2 amide bonds. The quantitative estimate of drug-likeness (QED) is 0.866. The van der Waals surface area contributed by atoms with Gasteiger partial charge in [0, 0.05) is 31.5 Å². The maximum atomic E-state index is 12.1. The molecule has 1 aliphatic heterocycles. The number of carbonyl (C=O) groups excluding carboxylic acids is 2. The van der Waals surface area contributed by atoms with Crippen molar-refractivity contribution in [3.8, 4) is 0 Å². The van der Waals surface area contributed by atoms with Crippen LogP contribution in [0.2, 0.25) is 0 Å². The van der Waals surface area contributed by atoms with Crippen molar-refractivity contribution in [2.24, 2.45) is 0 Å². The summed E-state index contributed by atoms with van der Waals surface area (Å²) in [5, 5.41) is 7.31. The zero-order chi connectivity index (χ0) is 15.4. The highest BCUT2D eigenvalue weighted by Gasteiger charge is 2.25. The Kier molecular flexibility index (Phi) is 4.98. The lowest BCUT2D eigenvalue weighted by Gasteiger charge is -2.27. The minimum Gasteiger partial charge on any atom is -0.354 e. The molecule has 1 N–H and O–H groups in total. The molecule has 1 atom stereocenters. The molecule has 6 heteroatoms. The van der Waals surface area contributed by atoms with Crippen molar-refractivity contribution in [3.05, 3.63) is 11.8 Å². The van der Waals surface area contributed by atoms with Crippen molar-refractivity contribution in [2.75, 3.05) is 11.4 Å². The van der Waals surface area contributed by atoms with Gasteiger partial charge < -0.3 is 5.32 Å². The average molecular weight is 292 g/mol. The molecule has 0 spiro atoms. The minimum absolute atomic E-state index is 0.0542. The molecule has 21 heavy (non-hydrogen) atoms. The molecule has 0 fully saturated rings. The molecule has 1 aromatic heterocycles. The number of amides is 2. The summed E-state index contributed by atoms with van der Waals surface area (Å²) in [6, 6.07) is 2.13. The van der Waals surface area contributed by atoms with Crippen LogP contribution in [0.25, 0.3) is 0 Å². The third-order valence-electron chi connectivity index (χ3n) is 3.80. The lowest BCUT2D eigenvalue weighted by Crippen LogP contribution is -2.39. The molecule has 0 radical (unpaired) electrons. The Morgan fingerprint density at radius 1 is 1.52 bits per heavy atom. The van der Waals surface area contributed by atoms with E-state index in [1.54, 1.807) is 4.90 Å². The van der Waals surface area contributed by atoms with Gasteiger partial charge in [0.1, 0.15) is 5.82 Å². The van der Waals surface area contributed by atoms with E-state index in [0.29, 0.717) is 32.4 Å². The number of nitrogens with one attached hydrogen (secondary N) is 1. The lowest BCUT2D eigenvalue weighted by molar-refractivity contribution is -0.122. The molecule has 2 rings (SSSR count). The molecule has 0 bridgehead atoms. The van der Waals surface area contributed by atoms with E-state index in [1.165, 1.54) is 0 Å². The van der Waals surface area contributed by atoms with Gasteiger partial charge in [-0.3, -0.25) is 14.5 Å². The molecule has 0 saturated carbocycles. The van der Waals surface area contributed by atoms with Crippen molar-refractivity contribution < 1.29 is 9.59 Å². The number of rotatable bonds is 6. The van der Waals surface area contributed by atoms with Crippen LogP contribution >= 0.6 is 0 Å². The number of aromatic nitrogens is 2. The van der Waals surface area contributed by atoms with Crippen LogP contribution in [0.1, 0.15) is 45.2 Å². The summed E-state index contributed by atoms with van der Waals surface area (Å²) in [5.41, 5.74) is 0.916. The second-order valence-corrected chi connectivity index (χ2v) is 5.64. The van der Waals surface area contributed by atoms with Gasteiger partial charge in [0.15, 0.2) is 0 Å². The van der Waals surface area contributed by atoms with E-state index >= 15 is 0 Å². The summed E-state index contributed by atoms with van der Waals surface area (Å²) < 4.78 is 1.87. The molecule has 0 aliphatic carbocycles. The number of nitrogens with zero attached hydrogens (tertiary/aromatic N) is 3. The molecule has 6 nitrogen and oxygen atoms in total. The Bertz CT molecular complexity index is 524. The lowest BCUT2D eigenvalue weighted by atomic mass is 10.2. The fourth-order valence-electron chi connectivity index (χ4n) is 2.46. The number of hydrogen-bond acceptors (Lipinski definition) is 3. The van der Waals surface area contributed by atoms with Crippen LogP contribution in [0, 0.1) is 6.92 Å². The maximum Gasteiger partial charge on any atom is 0.229 e. The number of aryl methyl sites for hydroxylation is 2. The monoisotopic (exact) mass is 292 g/mol. The summed E-state index contributed by atoms with van der Waals surface area (Å²) in [7, 11) is 0. The van der Waals surface area contributed by atoms with Gasteiger partial charge in [0.05, 0.1) is 12.2 Å². The predicted molar refractivity (Wildman–Crippen MR) is 81.1 cm³/mol. The van der Waals surface area contributed by atoms with Crippen molar-refractivity contribution in [1.29, 1.82) is 0 Å². The Labute approximate surface area is 125 Å². The van der Waals surface area contributed by atoms with Gasteiger partial charge >= 0.3 is 0 Å². The summed E-state index contributed by atoms with van der Waals surface area (Å²) in [4.78, 5) is 25.6. The second-order valence-electron chi connectivity index (χ2n) is 5.64. The van der Waals surface area contributed by atoms with Crippen molar-refractivity contribution in [3.63, 3.8) is 0 Å². The first-order valence-corrected chi connectivity index (χ1v) is 7.65. The molecule has 2 heterocycles. The number of anilines is 1. The smallest absolute Gasteiger partial charge is 0.229 e. The van der Waals surface area contributed by atoms with E-state index in [-0.39, 0.29) is 17.9 Å². The zero-order valence-corrected chi connectivity index (χ0v) is 13.1. The average Bonchev–Trinajstić information content (AvgIpc) is 2.82. The van der Waals surface area contributed by atoms with Gasteiger partial charge in [0.2, 0.25) is 11.8 Å². The normalized spacial score (nSPS) is 15.8. The Balaban J connectivity index is 1.88. The SMILES string of the molecule is CCC(C)NC(=O)CCCN1C(=O)CCn2nc(C)cc21. The van der Waals surface area contributed by atoms with Crippen LogP contribution in [0.3, 0.4) is 0 Å². The highest BCUT2D eigenvalue weighted by atomic mass is 16.2. The van der Waals surface area contributed by atoms with E-state index in [1.807, 2.05) is 31.5 Å². The number of fused-ring (bicyclic) bond motifs is 1. The van der Waals surface area contributed by atoms with Gasteiger partial charge in [-0.1, -0.05) is 6.92 Å². The van der Waals surface area contributed by atoms with E-state index in [9.17, 15) is 9.59 Å². The standard InChI is InChI=1S/C15H24N4O2/c1-4-11(2)16-13(20)6-5-8-18-14-10-12(3)17-19(14)9-7-15(18)21/h10-11H,4-9H2,1-3H3,(H,16,20). The summed E-state index contributed by atoms with van der Waals surface area (Å²) in [6.45, 7) is 7.17. The van der Waals surface area contributed by atoms with E-state index < -0.39 is 0 Å². The number of hydrogen-bond donors (Lipinski definition) is 1. The molecular weight excluding hydrogens is 268 g/mol. The Morgan fingerprint density at radius 3 is 3.00 bits per heavy atom.